The molecule has 2 rings (SSSR count). The summed E-state index contributed by atoms with van der Waals surface area (Å²) in [6.07, 6.45) is 2.23. The van der Waals surface area contributed by atoms with Crippen molar-refractivity contribution in [1.82, 2.24) is 15.3 Å². The smallest absolute Gasteiger partial charge is 0.0681 e. The fraction of sp³-hybridized carbons (Fsp3) is 1.00. The Morgan fingerprint density at radius 1 is 1.31 bits per heavy atom. The number of ether oxygens (including phenoxy) is 1. The zero-order valence-electron chi connectivity index (χ0n) is 10.2. The van der Waals surface area contributed by atoms with Crippen LogP contribution in [0.4, 0.5) is 0 Å². The van der Waals surface area contributed by atoms with E-state index in [1.165, 1.54) is 0 Å². The van der Waals surface area contributed by atoms with Crippen LogP contribution in [0.15, 0.2) is 0 Å². The lowest BCUT2D eigenvalue weighted by atomic mass is 9.93. The van der Waals surface area contributed by atoms with Gasteiger partial charge >= 0.3 is 0 Å². The number of nitrogens with zero attached hydrogens (tertiary/aromatic N) is 2. The number of nitrogens with one attached hydrogen (secondary N) is 1. The average molecular weight is 228 g/mol. The molecule has 0 aliphatic carbocycles. The number of hydrogen-bond acceptors (Lipinski definition) is 5. The Balaban J connectivity index is 1.86. The number of piperazine rings is 1. The molecule has 0 bridgehead atoms. The highest BCUT2D eigenvalue weighted by Gasteiger charge is 2.33. The molecule has 2 saturated heterocycles. The van der Waals surface area contributed by atoms with Gasteiger partial charge in [0.15, 0.2) is 0 Å². The van der Waals surface area contributed by atoms with Crippen LogP contribution >= 0.6 is 0 Å². The van der Waals surface area contributed by atoms with Crippen molar-refractivity contribution in [3.63, 3.8) is 0 Å². The van der Waals surface area contributed by atoms with Crippen molar-refractivity contribution in [3.05, 3.63) is 0 Å². The summed E-state index contributed by atoms with van der Waals surface area (Å²) in [6.45, 7) is 6.65. The maximum atomic E-state index is 5.90. The van der Waals surface area contributed by atoms with Crippen LogP contribution in [0, 0.1) is 0 Å². The first kappa shape index (κ1) is 12.3. The predicted octanol–water partition coefficient (Wildman–Crippen LogP) is -0.754. The molecule has 0 aromatic rings. The molecule has 2 fully saturated rings. The van der Waals surface area contributed by atoms with Gasteiger partial charge in [0.2, 0.25) is 0 Å². The van der Waals surface area contributed by atoms with E-state index in [0.717, 1.165) is 52.2 Å². The number of hydrogen-bond donors (Lipinski definition) is 2. The monoisotopic (exact) mass is 228 g/mol. The van der Waals surface area contributed by atoms with E-state index in [9.17, 15) is 0 Å². The Hall–Kier alpha value is -0.200. The quantitative estimate of drug-likeness (QED) is 0.665. The molecule has 0 saturated carbocycles. The van der Waals surface area contributed by atoms with Gasteiger partial charge < -0.3 is 15.4 Å². The van der Waals surface area contributed by atoms with Crippen LogP contribution in [0.2, 0.25) is 0 Å². The third kappa shape index (κ3) is 2.93. The Morgan fingerprint density at radius 3 is 2.62 bits per heavy atom. The molecule has 5 nitrogen and oxygen atoms in total. The SMILES string of the molecule is CN1CCN(NC2(CN)CCCOC2)CC1. The van der Waals surface area contributed by atoms with Gasteiger partial charge in [-0.05, 0) is 19.9 Å². The lowest BCUT2D eigenvalue weighted by Gasteiger charge is -2.43. The van der Waals surface area contributed by atoms with E-state index in [0.29, 0.717) is 6.54 Å². The molecule has 1 atom stereocenters. The first-order valence-corrected chi connectivity index (χ1v) is 6.23. The Kier molecular flexibility index (Phi) is 4.16. The number of rotatable bonds is 3. The highest BCUT2D eigenvalue weighted by molar-refractivity contribution is 4.91. The van der Waals surface area contributed by atoms with E-state index in [-0.39, 0.29) is 5.54 Å². The van der Waals surface area contributed by atoms with Crippen LogP contribution in [-0.2, 0) is 4.74 Å². The molecule has 16 heavy (non-hydrogen) atoms. The van der Waals surface area contributed by atoms with Gasteiger partial charge in [0.05, 0.1) is 12.1 Å². The highest BCUT2D eigenvalue weighted by Crippen LogP contribution is 2.18. The summed E-state index contributed by atoms with van der Waals surface area (Å²) in [4.78, 5) is 2.35. The second kappa shape index (κ2) is 5.42. The highest BCUT2D eigenvalue weighted by atomic mass is 16.5. The lowest BCUT2D eigenvalue weighted by molar-refractivity contribution is -0.0292. The largest absolute Gasteiger partial charge is 0.379 e. The summed E-state index contributed by atoms with van der Waals surface area (Å²) >= 11 is 0. The summed E-state index contributed by atoms with van der Waals surface area (Å²) in [5, 5.41) is 2.31. The van der Waals surface area contributed by atoms with Crippen LogP contribution in [0.3, 0.4) is 0 Å². The zero-order chi connectivity index (χ0) is 11.4. The van der Waals surface area contributed by atoms with Crippen LogP contribution in [0.25, 0.3) is 0 Å². The molecular formula is C11H24N4O. The van der Waals surface area contributed by atoms with Crippen molar-refractivity contribution in [2.24, 2.45) is 5.73 Å². The summed E-state index contributed by atoms with van der Waals surface area (Å²) in [5.41, 5.74) is 9.48. The van der Waals surface area contributed by atoms with Crippen LogP contribution in [-0.4, -0.2) is 68.4 Å². The molecule has 3 N–H and O–H groups in total. The maximum Gasteiger partial charge on any atom is 0.0681 e. The van der Waals surface area contributed by atoms with Crippen molar-refractivity contribution in [3.8, 4) is 0 Å². The second-order valence-electron chi connectivity index (χ2n) is 5.04. The molecule has 1 unspecified atom stereocenters. The maximum absolute atomic E-state index is 5.90. The molecular weight excluding hydrogens is 204 g/mol. The van der Waals surface area contributed by atoms with E-state index in [1.807, 2.05) is 0 Å². The molecule has 94 valence electrons. The third-order valence-electron chi connectivity index (χ3n) is 3.61. The van der Waals surface area contributed by atoms with Gasteiger partial charge in [-0.3, -0.25) is 0 Å². The molecule has 0 aromatic carbocycles. The first-order valence-electron chi connectivity index (χ1n) is 6.23. The third-order valence-corrected chi connectivity index (χ3v) is 3.61. The van der Waals surface area contributed by atoms with Gasteiger partial charge in [-0.25, -0.2) is 10.4 Å². The minimum Gasteiger partial charge on any atom is -0.379 e. The minimum absolute atomic E-state index is 0.0197. The van der Waals surface area contributed by atoms with Gasteiger partial charge in [-0.2, -0.15) is 0 Å². The van der Waals surface area contributed by atoms with Gasteiger partial charge in [0, 0.05) is 39.3 Å². The van der Waals surface area contributed by atoms with Crippen molar-refractivity contribution in [2.75, 3.05) is 53.0 Å². The number of likely N-dealkylation sites (N-methyl/N-ethyl adjacent to an activating group) is 1. The molecule has 2 aliphatic heterocycles. The van der Waals surface area contributed by atoms with Crippen molar-refractivity contribution in [1.29, 1.82) is 0 Å². The average Bonchev–Trinajstić information content (AvgIpc) is 2.33. The van der Waals surface area contributed by atoms with Gasteiger partial charge in [0.1, 0.15) is 0 Å². The van der Waals surface area contributed by atoms with Gasteiger partial charge in [-0.15, -0.1) is 0 Å². The van der Waals surface area contributed by atoms with Gasteiger partial charge in [-0.1, -0.05) is 0 Å². The fourth-order valence-electron chi connectivity index (χ4n) is 2.40. The molecule has 0 spiro atoms. The summed E-state index contributed by atoms with van der Waals surface area (Å²) in [6, 6.07) is 0. The van der Waals surface area contributed by atoms with E-state index in [1.54, 1.807) is 0 Å². The van der Waals surface area contributed by atoms with Gasteiger partial charge in [0.25, 0.3) is 0 Å². The second-order valence-corrected chi connectivity index (χ2v) is 5.04. The summed E-state index contributed by atoms with van der Waals surface area (Å²) < 4.78 is 5.56. The molecule has 5 heteroatoms. The van der Waals surface area contributed by atoms with E-state index in [4.69, 9.17) is 10.5 Å². The van der Waals surface area contributed by atoms with Crippen molar-refractivity contribution >= 4 is 0 Å². The zero-order valence-corrected chi connectivity index (χ0v) is 10.2. The van der Waals surface area contributed by atoms with E-state index in [2.05, 4.69) is 22.4 Å². The normalized spacial score (nSPS) is 34.1. The van der Waals surface area contributed by atoms with Crippen LogP contribution in [0.5, 0.6) is 0 Å². The van der Waals surface area contributed by atoms with Crippen molar-refractivity contribution in [2.45, 2.75) is 18.4 Å². The summed E-state index contributed by atoms with van der Waals surface area (Å²) in [7, 11) is 2.17. The van der Waals surface area contributed by atoms with Crippen LogP contribution in [0.1, 0.15) is 12.8 Å². The minimum atomic E-state index is -0.0197. The predicted molar refractivity (Wildman–Crippen MR) is 64.0 cm³/mol. The Bertz CT molecular complexity index is 210. The standard InChI is InChI=1S/C11H24N4O/c1-14-4-6-15(7-5-14)13-11(9-12)3-2-8-16-10-11/h13H,2-10,12H2,1H3. The van der Waals surface area contributed by atoms with E-state index < -0.39 is 0 Å². The Labute approximate surface area is 97.9 Å². The number of hydrazine groups is 1. The number of nitrogens with two attached hydrogens (primary N) is 1. The first-order chi connectivity index (χ1) is 7.74. The van der Waals surface area contributed by atoms with E-state index >= 15 is 0 Å². The summed E-state index contributed by atoms with van der Waals surface area (Å²) in [5.74, 6) is 0. The molecule has 0 aromatic heterocycles. The molecule has 2 heterocycles. The van der Waals surface area contributed by atoms with Crippen LogP contribution < -0.4 is 11.2 Å². The lowest BCUT2D eigenvalue weighted by Crippen LogP contribution is -2.64. The Morgan fingerprint density at radius 2 is 2.06 bits per heavy atom. The van der Waals surface area contributed by atoms with Crippen molar-refractivity contribution < 1.29 is 4.74 Å². The molecule has 2 aliphatic rings. The molecule has 0 amide bonds. The molecule has 0 radical (unpaired) electrons. The topological polar surface area (TPSA) is 53.8 Å². The fourth-order valence-corrected chi connectivity index (χ4v) is 2.40.